The van der Waals surface area contributed by atoms with Crippen LogP contribution >= 0.6 is 0 Å². The first-order chi connectivity index (χ1) is 15.5. The second kappa shape index (κ2) is 7.88. The Morgan fingerprint density at radius 1 is 0.938 bits per heavy atom. The topological polar surface area (TPSA) is 94.3 Å². The first-order valence-electron chi connectivity index (χ1n) is 10.6. The summed E-state index contributed by atoms with van der Waals surface area (Å²) in [6, 6.07) is 15.7. The van der Waals surface area contributed by atoms with Crippen molar-refractivity contribution in [1.82, 2.24) is 34.5 Å². The fourth-order valence-electron chi connectivity index (χ4n) is 3.99. The van der Waals surface area contributed by atoms with Gasteiger partial charge < -0.3 is 4.98 Å². The molecule has 32 heavy (non-hydrogen) atoms. The lowest BCUT2D eigenvalue weighted by Gasteiger charge is -2.15. The number of H-pyrrole nitrogens is 1. The predicted molar refractivity (Wildman–Crippen MR) is 123 cm³/mol. The van der Waals surface area contributed by atoms with E-state index >= 15 is 0 Å². The number of nitrogens with zero attached hydrogens (tertiary/aromatic N) is 6. The Hall–Kier alpha value is -4.07. The molecule has 8 nitrogen and oxygen atoms in total. The van der Waals surface area contributed by atoms with Crippen molar-refractivity contribution in [3.63, 3.8) is 0 Å². The summed E-state index contributed by atoms with van der Waals surface area (Å²) in [7, 11) is 0. The lowest BCUT2D eigenvalue weighted by Crippen LogP contribution is -2.21. The zero-order chi connectivity index (χ0) is 22.2. The molecule has 0 amide bonds. The van der Waals surface area contributed by atoms with Crippen LogP contribution in [-0.4, -0.2) is 34.5 Å². The van der Waals surface area contributed by atoms with Gasteiger partial charge in [0.1, 0.15) is 5.52 Å². The lowest BCUT2D eigenvalue weighted by atomic mass is 9.97. The van der Waals surface area contributed by atoms with Gasteiger partial charge in [-0.1, -0.05) is 50.2 Å². The molecule has 0 bridgehead atoms. The summed E-state index contributed by atoms with van der Waals surface area (Å²) in [5.74, 6) is 0.947. The highest BCUT2D eigenvalue weighted by Gasteiger charge is 2.19. The Morgan fingerprint density at radius 2 is 1.66 bits per heavy atom. The Balaban J connectivity index is 1.58. The molecule has 160 valence electrons. The molecular weight excluding hydrogens is 402 g/mol. The fourth-order valence-corrected chi connectivity index (χ4v) is 3.99. The van der Waals surface area contributed by atoms with Gasteiger partial charge in [0.2, 0.25) is 0 Å². The molecule has 3 aromatic heterocycles. The molecule has 0 aliphatic rings. The summed E-state index contributed by atoms with van der Waals surface area (Å²) >= 11 is 0. The highest BCUT2D eigenvalue weighted by atomic mass is 16.1. The van der Waals surface area contributed by atoms with Crippen molar-refractivity contribution in [2.45, 2.75) is 32.7 Å². The Kier molecular flexibility index (Phi) is 4.89. The van der Waals surface area contributed by atoms with Gasteiger partial charge in [-0.25, -0.2) is 14.8 Å². The molecule has 0 saturated carbocycles. The molecule has 8 heteroatoms. The van der Waals surface area contributed by atoms with E-state index < -0.39 is 0 Å². The minimum absolute atomic E-state index is 0.214. The van der Waals surface area contributed by atoms with E-state index in [2.05, 4.69) is 40.1 Å². The van der Waals surface area contributed by atoms with Crippen molar-refractivity contribution in [2.75, 3.05) is 0 Å². The van der Waals surface area contributed by atoms with E-state index in [-0.39, 0.29) is 11.7 Å². The van der Waals surface area contributed by atoms with E-state index in [0.29, 0.717) is 22.9 Å². The van der Waals surface area contributed by atoms with E-state index in [0.717, 1.165) is 16.8 Å². The minimum atomic E-state index is -0.223. The van der Waals surface area contributed by atoms with Gasteiger partial charge in [0.25, 0.3) is 0 Å². The van der Waals surface area contributed by atoms with Gasteiger partial charge in [-0.05, 0) is 36.1 Å². The van der Waals surface area contributed by atoms with Crippen LogP contribution in [0.5, 0.6) is 0 Å². The van der Waals surface area contributed by atoms with Crippen LogP contribution in [0.15, 0.2) is 71.9 Å². The van der Waals surface area contributed by atoms with Crippen molar-refractivity contribution >= 4 is 11.2 Å². The Labute approximate surface area is 184 Å². The van der Waals surface area contributed by atoms with Gasteiger partial charge in [0.15, 0.2) is 11.5 Å². The normalized spacial score (nSPS) is 12.5. The van der Waals surface area contributed by atoms with Crippen LogP contribution in [0.3, 0.4) is 0 Å². The molecular formula is C24H23N7O. The van der Waals surface area contributed by atoms with Crippen molar-refractivity contribution in [3.05, 3.63) is 88.7 Å². The van der Waals surface area contributed by atoms with Crippen LogP contribution in [0.2, 0.25) is 0 Å². The highest BCUT2D eigenvalue weighted by Crippen LogP contribution is 2.28. The summed E-state index contributed by atoms with van der Waals surface area (Å²) in [4.78, 5) is 26.6. The first-order valence-corrected chi connectivity index (χ1v) is 10.6. The number of rotatable bonds is 5. The molecule has 1 N–H and O–H groups in total. The van der Waals surface area contributed by atoms with E-state index in [1.54, 1.807) is 28.0 Å². The number of fused-ring (bicyclic) bond motifs is 1. The van der Waals surface area contributed by atoms with Gasteiger partial charge in [-0.15, -0.1) is 0 Å². The van der Waals surface area contributed by atoms with E-state index in [1.165, 1.54) is 5.56 Å². The lowest BCUT2D eigenvalue weighted by molar-refractivity contribution is 0.630. The van der Waals surface area contributed by atoms with E-state index in [9.17, 15) is 4.79 Å². The predicted octanol–water partition coefficient (Wildman–Crippen LogP) is 4.10. The molecule has 0 aliphatic heterocycles. The maximum atomic E-state index is 12.8. The van der Waals surface area contributed by atoms with E-state index in [4.69, 9.17) is 4.98 Å². The number of hydrogen-bond donors (Lipinski definition) is 1. The summed E-state index contributed by atoms with van der Waals surface area (Å²) in [6.07, 6.45) is 4.96. The average molecular weight is 425 g/mol. The molecule has 1 atom stereocenters. The number of nitrogens with one attached hydrogen (secondary N) is 1. The molecule has 0 spiro atoms. The second-order valence-corrected chi connectivity index (χ2v) is 8.06. The zero-order valence-electron chi connectivity index (χ0n) is 18.1. The van der Waals surface area contributed by atoms with Gasteiger partial charge in [-0.2, -0.15) is 15.0 Å². The molecule has 0 saturated heterocycles. The molecule has 0 fully saturated rings. The highest BCUT2D eigenvalue weighted by molar-refractivity contribution is 5.74. The van der Waals surface area contributed by atoms with Crippen LogP contribution in [0.25, 0.3) is 28.2 Å². The van der Waals surface area contributed by atoms with Crippen LogP contribution in [0, 0.1) is 0 Å². The number of aromatic amines is 1. The standard InChI is InChI=1S/C24H23N7O/c1-15(2)19-6-4-5-7-20(19)22-25-14-21-23(29-22)30(24(32)28-21)16(3)17-8-10-18(11-9-17)31-26-12-13-27-31/h4-16H,1-3H3,(H,28,32)/t16-/m1/s1. The number of benzene rings is 2. The molecule has 0 radical (unpaired) electrons. The smallest absolute Gasteiger partial charge is 0.303 e. The van der Waals surface area contributed by atoms with Crippen LogP contribution in [-0.2, 0) is 0 Å². The summed E-state index contributed by atoms with van der Waals surface area (Å²) in [5, 5.41) is 8.30. The quantitative estimate of drug-likeness (QED) is 0.457. The maximum absolute atomic E-state index is 12.8. The molecule has 2 aromatic carbocycles. The molecule has 5 aromatic rings. The average Bonchev–Trinajstić information content (AvgIpc) is 3.46. The molecule has 0 unspecified atom stereocenters. The fraction of sp³-hybridized carbons (Fsp3) is 0.208. The van der Waals surface area contributed by atoms with Gasteiger partial charge in [0, 0.05) is 5.56 Å². The molecule has 0 aliphatic carbocycles. The van der Waals surface area contributed by atoms with E-state index in [1.807, 2.05) is 49.4 Å². The van der Waals surface area contributed by atoms with Gasteiger partial charge >= 0.3 is 5.69 Å². The van der Waals surface area contributed by atoms with Crippen LogP contribution in [0.4, 0.5) is 0 Å². The summed E-state index contributed by atoms with van der Waals surface area (Å²) in [5.41, 5.74) is 4.97. The largest absolute Gasteiger partial charge is 0.328 e. The number of imidazole rings is 1. The zero-order valence-corrected chi connectivity index (χ0v) is 18.1. The summed E-state index contributed by atoms with van der Waals surface area (Å²) in [6.45, 7) is 6.28. The van der Waals surface area contributed by atoms with Crippen molar-refractivity contribution in [1.29, 1.82) is 0 Å². The maximum Gasteiger partial charge on any atom is 0.328 e. The van der Waals surface area contributed by atoms with Crippen LogP contribution < -0.4 is 5.69 Å². The van der Waals surface area contributed by atoms with Gasteiger partial charge in [-0.3, -0.25) is 4.57 Å². The SMILES string of the molecule is CC(C)c1ccccc1-c1ncc2[nH]c(=O)n([C@H](C)c3ccc(-n4nccn4)cc3)c2n1. The van der Waals surface area contributed by atoms with Crippen molar-refractivity contribution in [3.8, 4) is 17.1 Å². The first kappa shape index (κ1) is 19.9. The van der Waals surface area contributed by atoms with Crippen molar-refractivity contribution in [2.24, 2.45) is 0 Å². The third kappa shape index (κ3) is 3.39. The number of aromatic nitrogens is 7. The summed E-state index contributed by atoms with van der Waals surface area (Å²) < 4.78 is 1.68. The Bertz CT molecular complexity index is 1430. The number of hydrogen-bond acceptors (Lipinski definition) is 5. The van der Waals surface area contributed by atoms with Crippen LogP contribution in [0.1, 0.15) is 43.9 Å². The molecule has 3 heterocycles. The third-order valence-corrected chi connectivity index (χ3v) is 5.69. The third-order valence-electron chi connectivity index (χ3n) is 5.69. The van der Waals surface area contributed by atoms with Gasteiger partial charge in [0.05, 0.1) is 30.3 Å². The Morgan fingerprint density at radius 3 is 2.38 bits per heavy atom. The monoisotopic (exact) mass is 425 g/mol. The second-order valence-electron chi connectivity index (χ2n) is 8.06. The molecule has 5 rings (SSSR count). The minimum Gasteiger partial charge on any atom is -0.303 e. The van der Waals surface area contributed by atoms with Crippen molar-refractivity contribution < 1.29 is 0 Å².